The van der Waals surface area contributed by atoms with Gasteiger partial charge in [-0.3, -0.25) is 9.59 Å². The van der Waals surface area contributed by atoms with Crippen LogP contribution < -0.4 is 10.6 Å². The average Bonchev–Trinajstić information content (AvgIpc) is 2.43. The lowest BCUT2D eigenvalue weighted by atomic mass is 10.1. The molecule has 0 saturated carbocycles. The van der Waals surface area contributed by atoms with Gasteiger partial charge in [-0.15, -0.1) is 0 Å². The molecule has 5 nitrogen and oxygen atoms in total. The summed E-state index contributed by atoms with van der Waals surface area (Å²) in [6.07, 6.45) is 0. The Balaban J connectivity index is 2.23. The van der Waals surface area contributed by atoms with Gasteiger partial charge in [-0.2, -0.15) is 0 Å². The smallest absolute Gasteiger partial charge is 0.259 e. The zero-order chi connectivity index (χ0) is 15.4. The lowest BCUT2D eigenvalue weighted by Crippen LogP contribution is -2.13. The molecule has 0 spiro atoms. The highest BCUT2D eigenvalue weighted by Gasteiger charge is 2.15. The van der Waals surface area contributed by atoms with Crippen LogP contribution >= 0.6 is 11.6 Å². The monoisotopic (exact) mass is 304 g/mol. The highest BCUT2D eigenvalue weighted by atomic mass is 35.5. The van der Waals surface area contributed by atoms with Gasteiger partial charge in [0.2, 0.25) is 5.91 Å². The number of rotatable bonds is 3. The van der Waals surface area contributed by atoms with Gasteiger partial charge in [-0.1, -0.05) is 17.7 Å². The number of phenolic OH excluding ortho intramolecular Hbond substituents is 1. The van der Waals surface area contributed by atoms with E-state index >= 15 is 0 Å². The minimum Gasteiger partial charge on any atom is -0.505 e. The Labute approximate surface area is 126 Å². The van der Waals surface area contributed by atoms with Crippen molar-refractivity contribution in [3.05, 3.63) is 53.1 Å². The van der Waals surface area contributed by atoms with Crippen LogP contribution in [0.4, 0.5) is 11.4 Å². The summed E-state index contributed by atoms with van der Waals surface area (Å²) in [5.41, 5.74) is 0.802. The van der Waals surface area contributed by atoms with Gasteiger partial charge in [0.05, 0.1) is 11.3 Å². The lowest BCUT2D eigenvalue weighted by molar-refractivity contribution is -0.114. The van der Waals surface area contributed by atoms with Crippen molar-refractivity contribution >= 4 is 34.8 Å². The van der Waals surface area contributed by atoms with Crippen molar-refractivity contribution in [2.45, 2.75) is 6.92 Å². The number of aromatic hydroxyl groups is 1. The molecule has 108 valence electrons. The van der Waals surface area contributed by atoms with Crippen LogP contribution in [0.1, 0.15) is 17.3 Å². The molecule has 0 bridgehead atoms. The molecule has 0 aliphatic carbocycles. The summed E-state index contributed by atoms with van der Waals surface area (Å²) >= 11 is 5.77. The topological polar surface area (TPSA) is 78.4 Å². The van der Waals surface area contributed by atoms with Crippen LogP contribution in [0.3, 0.4) is 0 Å². The van der Waals surface area contributed by atoms with Gasteiger partial charge < -0.3 is 15.7 Å². The summed E-state index contributed by atoms with van der Waals surface area (Å²) in [4.78, 5) is 23.2. The molecule has 0 radical (unpaired) electrons. The summed E-state index contributed by atoms with van der Waals surface area (Å²) in [7, 11) is 0. The van der Waals surface area contributed by atoms with Crippen LogP contribution in [0, 0.1) is 0 Å². The Hall–Kier alpha value is -2.53. The maximum atomic E-state index is 12.1. The first kappa shape index (κ1) is 14.9. The number of carbonyl (C=O) groups is 2. The zero-order valence-electron chi connectivity index (χ0n) is 11.2. The Bertz CT molecular complexity index is 684. The zero-order valence-corrected chi connectivity index (χ0v) is 11.9. The van der Waals surface area contributed by atoms with Crippen molar-refractivity contribution < 1.29 is 14.7 Å². The molecular formula is C15H13ClN2O3. The van der Waals surface area contributed by atoms with Gasteiger partial charge in [0.25, 0.3) is 5.91 Å². The number of amides is 2. The van der Waals surface area contributed by atoms with Crippen molar-refractivity contribution in [1.82, 2.24) is 0 Å². The number of halogens is 1. The van der Waals surface area contributed by atoms with E-state index in [1.165, 1.54) is 19.1 Å². The minimum atomic E-state index is -0.484. The van der Waals surface area contributed by atoms with Gasteiger partial charge in [0.1, 0.15) is 0 Å². The molecule has 0 atom stereocenters. The summed E-state index contributed by atoms with van der Waals surface area (Å²) < 4.78 is 0. The van der Waals surface area contributed by atoms with E-state index in [1.54, 1.807) is 30.3 Å². The Morgan fingerprint density at radius 2 is 1.71 bits per heavy atom. The van der Waals surface area contributed by atoms with Gasteiger partial charge in [0.15, 0.2) is 5.75 Å². The molecule has 21 heavy (non-hydrogen) atoms. The van der Waals surface area contributed by atoms with E-state index in [1.807, 2.05) is 0 Å². The van der Waals surface area contributed by atoms with Crippen molar-refractivity contribution in [3.63, 3.8) is 0 Å². The Morgan fingerprint density at radius 3 is 2.33 bits per heavy atom. The van der Waals surface area contributed by atoms with E-state index in [0.29, 0.717) is 10.7 Å². The molecule has 6 heteroatoms. The first-order chi connectivity index (χ1) is 9.97. The second-order valence-corrected chi connectivity index (χ2v) is 4.78. The second-order valence-electron chi connectivity index (χ2n) is 4.34. The molecule has 0 fully saturated rings. The standard InChI is InChI=1S/C15H13ClN2O3/c1-9(19)17-13-4-2-3-12(14(13)20)15(21)18-11-7-5-10(16)6-8-11/h2-8,20H,1H3,(H,17,19)(H,18,21). The normalized spacial score (nSPS) is 10.0. The number of phenols is 1. The van der Waals surface area contributed by atoms with Gasteiger partial charge in [-0.25, -0.2) is 0 Å². The molecule has 0 aliphatic heterocycles. The van der Waals surface area contributed by atoms with Gasteiger partial charge in [0, 0.05) is 17.6 Å². The summed E-state index contributed by atoms with van der Waals surface area (Å²) in [6.45, 7) is 1.32. The average molecular weight is 305 g/mol. The maximum absolute atomic E-state index is 12.1. The highest BCUT2D eigenvalue weighted by Crippen LogP contribution is 2.28. The van der Waals surface area contributed by atoms with E-state index in [9.17, 15) is 14.7 Å². The lowest BCUT2D eigenvalue weighted by Gasteiger charge is -2.10. The largest absolute Gasteiger partial charge is 0.505 e. The van der Waals surface area contributed by atoms with Crippen molar-refractivity contribution in [2.24, 2.45) is 0 Å². The fraction of sp³-hybridized carbons (Fsp3) is 0.0667. The van der Waals surface area contributed by atoms with Crippen LogP contribution in [-0.4, -0.2) is 16.9 Å². The molecule has 2 amide bonds. The fourth-order valence-electron chi connectivity index (χ4n) is 1.75. The number of para-hydroxylation sites is 1. The number of nitrogens with one attached hydrogen (secondary N) is 2. The first-order valence-electron chi connectivity index (χ1n) is 6.14. The molecule has 0 saturated heterocycles. The van der Waals surface area contributed by atoms with E-state index in [2.05, 4.69) is 10.6 Å². The third-order valence-corrected chi connectivity index (χ3v) is 2.95. The fourth-order valence-corrected chi connectivity index (χ4v) is 1.87. The second kappa shape index (κ2) is 6.28. The predicted molar refractivity (Wildman–Crippen MR) is 81.8 cm³/mol. The quantitative estimate of drug-likeness (QED) is 0.762. The molecular weight excluding hydrogens is 292 g/mol. The number of hydrogen-bond acceptors (Lipinski definition) is 3. The highest BCUT2D eigenvalue weighted by molar-refractivity contribution is 6.30. The molecule has 0 aromatic heterocycles. The van der Waals surface area contributed by atoms with Crippen LogP contribution in [-0.2, 0) is 4.79 Å². The molecule has 0 unspecified atom stereocenters. The summed E-state index contributed by atoms with van der Waals surface area (Å²) in [5.74, 6) is -1.10. The summed E-state index contributed by atoms with van der Waals surface area (Å²) in [5, 5.41) is 15.7. The molecule has 0 aliphatic rings. The van der Waals surface area contributed by atoms with Gasteiger partial charge in [-0.05, 0) is 36.4 Å². The third-order valence-electron chi connectivity index (χ3n) is 2.69. The maximum Gasteiger partial charge on any atom is 0.259 e. The van der Waals surface area contributed by atoms with Crippen LogP contribution in [0.15, 0.2) is 42.5 Å². The molecule has 2 aromatic carbocycles. The van der Waals surface area contributed by atoms with E-state index < -0.39 is 5.91 Å². The van der Waals surface area contributed by atoms with Crippen molar-refractivity contribution in [2.75, 3.05) is 10.6 Å². The molecule has 2 aromatic rings. The van der Waals surface area contributed by atoms with E-state index in [-0.39, 0.29) is 22.9 Å². The number of benzene rings is 2. The van der Waals surface area contributed by atoms with Crippen molar-refractivity contribution in [1.29, 1.82) is 0 Å². The third kappa shape index (κ3) is 3.73. The first-order valence-corrected chi connectivity index (χ1v) is 6.51. The Kier molecular flexibility index (Phi) is 4.45. The number of carbonyl (C=O) groups excluding carboxylic acids is 2. The van der Waals surface area contributed by atoms with Crippen LogP contribution in [0.5, 0.6) is 5.75 Å². The van der Waals surface area contributed by atoms with E-state index in [0.717, 1.165) is 0 Å². The van der Waals surface area contributed by atoms with Gasteiger partial charge >= 0.3 is 0 Å². The summed E-state index contributed by atoms with van der Waals surface area (Å²) in [6, 6.07) is 11.1. The van der Waals surface area contributed by atoms with Crippen LogP contribution in [0.25, 0.3) is 0 Å². The molecule has 2 rings (SSSR count). The number of anilines is 2. The van der Waals surface area contributed by atoms with E-state index in [4.69, 9.17) is 11.6 Å². The SMILES string of the molecule is CC(=O)Nc1cccc(C(=O)Nc2ccc(Cl)cc2)c1O. The van der Waals surface area contributed by atoms with Crippen LogP contribution in [0.2, 0.25) is 5.02 Å². The predicted octanol–water partition coefficient (Wildman–Crippen LogP) is 3.26. The van der Waals surface area contributed by atoms with Crippen molar-refractivity contribution in [3.8, 4) is 5.75 Å². The minimum absolute atomic E-state index is 0.0659. The Morgan fingerprint density at radius 1 is 1.05 bits per heavy atom. The molecule has 0 heterocycles. The molecule has 3 N–H and O–H groups in total. The number of hydrogen-bond donors (Lipinski definition) is 3.